The van der Waals surface area contributed by atoms with Gasteiger partial charge in [0, 0.05) is 11.3 Å². The number of hydrogen-bond acceptors (Lipinski definition) is 1. The molecule has 168 valence electrons. The maximum atomic E-state index is 14.2. The Balaban J connectivity index is 2.73. The van der Waals surface area contributed by atoms with Crippen LogP contribution in [0.3, 0.4) is 0 Å². The molecule has 0 amide bonds. The van der Waals surface area contributed by atoms with Crippen molar-refractivity contribution in [2.24, 2.45) is 0 Å². The summed E-state index contributed by atoms with van der Waals surface area (Å²) in [5.41, 5.74) is 0. The average molecular weight is 439 g/mol. The SMILES string of the molecule is CCCCCCCCCCC(CCC)O[Si](C)(C)c1c(F)c(F)c(F)c(F)c1F. The molecule has 0 aromatic heterocycles. The summed E-state index contributed by atoms with van der Waals surface area (Å²) in [6.07, 6.45) is 11.3. The first-order valence-corrected chi connectivity index (χ1v) is 13.8. The molecule has 0 bridgehead atoms. The number of halogens is 5. The zero-order chi connectivity index (χ0) is 22.0. The fourth-order valence-corrected chi connectivity index (χ4v) is 6.16. The van der Waals surface area contributed by atoms with Gasteiger partial charge in [-0.25, -0.2) is 22.0 Å². The van der Waals surface area contributed by atoms with Gasteiger partial charge in [-0.1, -0.05) is 71.6 Å². The van der Waals surface area contributed by atoms with Gasteiger partial charge in [-0.3, -0.25) is 0 Å². The lowest BCUT2D eigenvalue weighted by Gasteiger charge is -2.30. The van der Waals surface area contributed by atoms with Gasteiger partial charge in [0.05, 0.1) is 0 Å². The standard InChI is InChI=1S/C22H35F5OSi/c1-5-7-8-9-10-11-12-13-15-16(14-6-2)28-29(3,4)22-20(26)18(24)17(23)19(25)21(22)27/h16H,5-15H2,1-4H3. The molecule has 0 radical (unpaired) electrons. The van der Waals surface area contributed by atoms with Crippen molar-refractivity contribution in [2.45, 2.75) is 104 Å². The molecule has 0 spiro atoms. The Hall–Kier alpha value is -0.953. The van der Waals surface area contributed by atoms with Crippen LogP contribution in [0.25, 0.3) is 0 Å². The molecular weight excluding hydrogens is 403 g/mol. The first-order chi connectivity index (χ1) is 13.7. The molecule has 0 heterocycles. The molecule has 0 aliphatic heterocycles. The van der Waals surface area contributed by atoms with Gasteiger partial charge >= 0.3 is 0 Å². The molecule has 0 saturated heterocycles. The number of hydrogen-bond donors (Lipinski definition) is 0. The Morgan fingerprint density at radius 1 is 0.621 bits per heavy atom. The number of rotatable bonds is 14. The van der Waals surface area contributed by atoms with Crippen LogP contribution in [-0.2, 0) is 4.43 Å². The van der Waals surface area contributed by atoms with Crippen LogP contribution in [-0.4, -0.2) is 14.4 Å². The molecule has 7 heteroatoms. The average Bonchev–Trinajstić information content (AvgIpc) is 2.66. The maximum absolute atomic E-state index is 14.2. The van der Waals surface area contributed by atoms with Crippen LogP contribution in [0.2, 0.25) is 13.1 Å². The molecule has 0 fully saturated rings. The Morgan fingerprint density at radius 3 is 1.55 bits per heavy atom. The van der Waals surface area contributed by atoms with Gasteiger partial charge in [0.15, 0.2) is 23.3 Å². The highest BCUT2D eigenvalue weighted by Crippen LogP contribution is 2.24. The van der Waals surface area contributed by atoms with Gasteiger partial charge in [0.2, 0.25) is 14.1 Å². The highest BCUT2D eigenvalue weighted by atomic mass is 28.4. The van der Waals surface area contributed by atoms with Crippen molar-refractivity contribution in [1.82, 2.24) is 0 Å². The van der Waals surface area contributed by atoms with E-state index in [4.69, 9.17) is 4.43 Å². The van der Waals surface area contributed by atoms with E-state index in [9.17, 15) is 22.0 Å². The van der Waals surface area contributed by atoms with E-state index in [-0.39, 0.29) is 6.10 Å². The van der Waals surface area contributed by atoms with Crippen molar-refractivity contribution >= 4 is 13.5 Å². The van der Waals surface area contributed by atoms with Gasteiger partial charge in [0.25, 0.3) is 0 Å². The van der Waals surface area contributed by atoms with Crippen molar-refractivity contribution < 1.29 is 26.4 Å². The van der Waals surface area contributed by atoms with Crippen molar-refractivity contribution in [3.63, 3.8) is 0 Å². The largest absolute Gasteiger partial charge is 0.410 e. The van der Waals surface area contributed by atoms with Gasteiger partial charge in [-0.15, -0.1) is 0 Å². The minimum atomic E-state index is -3.34. The zero-order valence-electron chi connectivity index (χ0n) is 18.2. The number of unbranched alkanes of at least 4 members (excludes halogenated alkanes) is 7. The van der Waals surface area contributed by atoms with Crippen LogP contribution in [0, 0.1) is 29.1 Å². The topological polar surface area (TPSA) is 9.23 Å². The minimum absolute atomic E-state index is 0.239. The second-order valence-corrected chi connectivity index (χ2v) is 12.0. The van der Waals surface area contributed by atoms with Crippen LogP contribution >= 0.6 is 0 Å². The molecule has 0 N–H and O–H groups in total. The van der Waals surface area contributed by atoms with Crippen molar-refractivity contribution in [2.75, 3.05) is 0 Å². The lowest BCUT2D eigenvalue weighted by atomic mass is 10.0. The second-order valence-electron chi connectivity index (χ2n) is 8.25. The summed E-state index contributed by atoms with van der Waals surface area (Å²) < 4.78 is 75.1. The lowest BCUT2D eigenvalue weighted by molar-refractivity contribution is 0.170. The first-order valence-electron chi connectivity index (χ1n) is 10.9. The molecule has 1 nitrogen and oxygen atoms in total. The highest BCUT2D eigenvalue weighted by molar-refractivity contribution is 6.84. The van der Waals surface area contributed by atoms with E-state index in [1.165, 1.54) is 45.2 Å². The Kier molecular flexibility index (Phi) is 11.4. The minimum Gasteiger partial charge on any atom is -0.410 e. The maximum Gasteiger partial charge on any atom is 0.225 e. The van der Waals surface area contributed by atoms with Crippen LogP contribution in [0.1, 0.15) is 84.5 Å². The normalized spacial score (nSPS) is 13.1. The summed E-state index contributed by atoms with van der Waals surface area (Å²) in [6, 6.07) is 0. The second kappa shape index (κ2) is 12.7. The summed E-state index contributed by atoms with van der Waals surface area (Å²) >= 11 is 0. The van der Waals surface area contributed by atoms with Crippen LogP contribution < -0.4 is 5.19 Å². The van der Waals surface area contributed by atoms with E-state index < -0.39 is 42.6 Å². The molecule has 1 rings (SSSR count). The summed E-state index contributed by atoms with van der Waals surface area (Å²) in [6.45, 7) is 7.14. The fraction of sp³-hybridized carbons (Fsp3) is 0.727. The van der Waals surface area contributed by atoms with E-state index in [2.05, 4.69) is 6.92 Å². The molecule has 1 aromatic carbocycles. The van der Waals surface area contributed by atoms with E-state index in [1.807, 2.05) is 6.92 Å². The van der Waals surface area contributed by atoms with E-state index in [1.54, 1.807) is 0 Å². The monoisotopic (exact) mass is 438 g/mol. The summed E-state index contributed by atoms with van der Waals surface area (Å²) in [5.74, 6) is -9.46. The Morgan fingerprint density at radius 2 is 1.07 bits per heavy atom. The lowest BCUT2D eigenvalue weighted by Crippen LogP contribution is -2.51. The van der Waals surface area contributed by atoms with Crippen molar-refractivity contribution in [3.8, 4) is 0 Å². The third kappa shape index (κ3) is 7.67. The summed E-state index contributed by atoms with van der Waals surface area (Å²) in [7, 11) is -3.34. The van der Waals surface area contributed by atoms with Crippen molar-refractivity contribution in [1.29, 1.82) is 0 Å². The van der Waals surface area contributed by atoms with Crippen LogP contribution in [0.15, 0.2) is 0 Å². The van der Waals surface area contributed by atoms with Gasteiger partial charge in [0.1, 0.15) is 0 Å². The van der Waals surface area contributed by atoms with Crippen LogP contribution in [0.5, 0.6) is 0 Å². The quantitative estimate of drug-likeness (QED) is 0.0960. The molecule has 0 aliphatic rings. The highest BCUT2D eigenvalue weighted by Gasteiger charge is 2.39. The van der Waals surface area contributed by atoms with Crippen LogP contribution in [0.4, 0.5) is 22.0 Å². The zero-order valence-corrected chi connectivity index (χ0v) is 19.2. The van der Waals surface area contributed by atoms with E-state index in [0.29, 0.717) is 6.42 Å². The molecular formula is C22H35F5OSi. The molecule has 29 heavy (non-hydrogen) atoms. The molecule has 0 saturated carbocycles. The predicted octanol–water partition coefficient (Wildman–Crippen LogP) is 7.51. The molecule has 1 unspecified atom stereocenters. The summed E-state index contributed by atoms with van der Waals surface area (Å²) in [4.78, 5) is 0. The van der Waals surface area contributed by atoms with E-state index >= 15 is 0 Å². The number of benzene rings is 1. The fourth-order valence-electron chi connectivity index (χ4n) is 3.70. The predicted molar refractivity (Wildman–Crippen MR) is 110 cm³/mol. The molecule has 1 aromatic rings. The Bertz CT molecular complexity index is 607. The van der Waals surface area contributed by atoms with Gasteiger partial charge in [-0.05, 0) is 25.9 Å². The van der Waals surface area contributed by atoms with Gasteiger partial charge < -0.3 is 4.43 Å². The third-order valence-corrected chi connectivity index (χ3v) is 7.83. The van der Waals surface area contributed by atoms with Crippen molar-refractivity contribution in [3.05, 3.63) is 29.1 Å². The third-order valence-electron chi connectivity index (χ3n) is 5.26. The molecule has 1 atom stereocenters. The van der Waals surface area contributed by atoms with Gasteiger partial charge in [-0.2, -0.15) is 0 Å². The Labute approximate surface area is 173 Å². The smallest absolute Gasteiger partial charge is 0.225 e. The summed E-state index contributed by atoms with van der Waals surface area (Å²) in [5, 5.41) is -0.772. The van der Waals surface area contributed by atoms with E-state index in [0.717, 1.165) is 32.1 Å². The first kappa shape index (κ1) is 26.1. The molecule has 0 aliphatic carbocycles.